The van der Waals surface area contributed by atoms with Crippen LogP contribution in [0.4, 0.5) is 4.79 Å². The van der Waals surface area contributed by atoms with Crippen molar-refractivity contribution in [1.82, 2.24) is 10.2 Å². The van der Waals surface area contributed by atoms with Gasteiger partial charge in [0.15, 0.2) is 0 Å². The molecule has 1 aliphatic rings. The molecular weight excluding hydrogens is 236 g/mol. The Morgan fingerprint density at radius 1 is 1.44 bits per heavy atom. The second-order valence-electron chi connectivity index (χ2n) is 5.24. The van der Waals surface area contributed by atoms with Crippen molar-refractivity contribution in [2.24, 2.45) is 0 Å². The van der Waals surface area contributed by atoms with Crippen molar-refractivity contribution in [2.75, 3.05) is 13.1 Å². The van der Waals surface area contributed by atoms with Gasteiger partial charge in [-0.05, 0) is 33.6 Å². The number of nitrogens with one attached hydrogen (secondary N) is 1. The first-order valence-electron chi connectivity index (χ1n) is 6.06. The second-order valence-corrected chi connectivity index (χ2v) is 5.24. The maximum Gasteiger partial charge on any atom is 0.410 e. The molecule has 102 valence electrons. The van der Waals surface area contributed by atoms with Gasteiger partial charge in [-0.2, -0.15) is 0 Å². The highest BCUT2D eigenvalue weighted by atomic mass is 16.6. The first-order valence-corrected chi connectivity index (χ1v) is 6.06. The van der Waals surface area contributed by atoms with Gasteiger partial charge in [0.25, 0.3) is 0 Å². The molecular formula is C12H20N2O4. The number of ether oxygens (including phenoxy) is 1. The number of hydrogen-bond acceptors (Lipinski definition) is 4. The number of aldehydes is 1. The highest BCUT2D eigenvalue weighted by Crippen LogP contribution is 2.20. The molecule has 6 nitrogen and oxygen atoms in total. The zero-order chi connectivity index (χ0) is 13.8. The van der Waals surface area contributed by atoms with Crippen molar-refractivity contribution < 1.29 is 19.1 Å². The lowest BCUT2D eigenvalue weighted by molar-refractivity contribution is -0.126. The molecule has 0 bridgehead atoms. The van der Waals surface area contributed by atoms with E-state index in [1.165, 1.54) is 4.90 Å². The van der Waals surface area contributed by atoms with Crippen LogP contribution in [0.15, 0.2) is 0 Å². The summed E-state index contributed by atoms with van der Waals surface area (Å²) in [6.45, 7) is 5.82. The molecule has 18 heavy (non-hydrogen) atoms. The van der Waals surface area contributed by atoms with Crippen LogP contribution >= 0.6 is 0 Å². The predicted octanol–water partition coefficient (Wildman–Crippen LogP) is 0.701. The Morgan fingerprint density at radius 3 is 2.67 bits per heavy atom. The molecule has 0 aromatic rings. The average Bonchev–Trinajstić information content (AvgIpc) is 2.72. The SMILES string of the molecule is CC(C)(C)OC(=O)N1CCCC1C(=O)NCC=O. The number of carbonyl (C=O) groups excluding carboxylic acids is 3. The third-order valence-corrected chi connectivity index (χ3v) is 2.54. The summed E-state index contributed by atoms with van der Waals surface area (Å²) < 4.78 is 5.24. The van der Waals surface area contributed by atoms with Crippen LogP contribution in [-0.4, -0.2) is 47.9 Å². The number of likely N-dealkylation sites (tertiary alicyclic amines) is 1. The van der Waals surface area contributed by atoms with Gasteiger partial charge in [0, 0.05) is 6.54 Å². The summed E-state index contributed by atoms with van der Waals surface area (Å²) in [5, 5.41) is 2.47. The summed E-state index contributed by atoms with van der Waals surface area (Å²) in [5.41, 5.74) is -0.580. The molecule has 1 fully saturated rings. The first kappa shape index (κ1) is 14.5. The van der Waals surface area contributed by atoms with Crippen LogP contribution in [0.5, 0.6) is 0 Å². The lowest BCUT2D eigenvalue weighted by Gasteiger charge is -2.27. The van der Waals surface area contributed by atoms with E-state index < -0.39 is 17.7 Å². The number of hydrogen-bond donors (Lipinski definition) is 1. The number of amides is 2. The molecule has 0 radical (unpaired) electrons. The molecule has 2 amide bonds. The minimum Gasteiger partial charge on any atom is -0.444 e. The maximum atomic E-state index is 11.9. The Hall–Kier alpha value is -1.59. The zero-order valence-corrected chi connectivity index (χ0v) is 11.1. The van der Waals surface area contributed by atoms with Crippen LogP contribution in [0.2, 0.25) is 0 Å². The van der Waals surface area contributed by atoms with Gasteiger partial charge in [-0.15, -0.1) is 0 Å². The minimum absolute atomic E-state index is 0.0303. The van der Waals surface area contributed by atoms with Crippen molar-refractivity contribution in [3.05, 3.63) is 0 Å². The van der Waals surface area contributed by atoms with E-state index in [0.717, 1.165) is 6.42 Å². The highest BCUT2D eigenvalue weighted by Gasteiger charge is 2.36. The standard InChI is InChI=1S/C12H20N2O4/c1-12(2,3)18-11(17)14-7-4-5-9(14)10(16)13-6-8-15/h8-9H,4-7H2,1-3H3,(H,13,16). The van der Waals surface area contributed by atoms with E-state index in [0.29, 0.717) is 19.3 Å². The summed E-state index contributed by atoms with van der Waals surface area (Å²) in [6.07, 6.45) is 1.50. The number of rotatable bonds is 3. The fourth-order valence-electron chi connectivity index (χ4n) is 1.84. The van der Waals surface area contributed by atoms with Gasteiger partial charge in [0.05, 0.1) is 6.54 Å². The van der Waals surface area contributed by atoms with Crippen molar-refractivity contribution in [3.63, 3.8) is 0 Å². The van der Waals surface area contributed by atoms with Crippen LogP contribution in [0.1, 0.15) is 33.6 Å². The molecule has 1 rings (SSSR count). The quantitative estimate of drug-likeness (QED) is 0.754. The van der Waals surface area contributed by atoms with E-state index >= 15 is 0 Å². The largest absolute Gasteiger partial charge is 0.444 e. The lowest BCUT2D eigenvalue weighted by Crippen LogP contribution is -2.47. The third-order valence-electron chi connectivity index (χ3n) is 2.54. The number of nitrogens with zero attached hydrogens (tertiary/aromatic N) is 1. The van der Waals surface area contributed by atoms with Crippen LogP contribution in [0.3, 0.4) is 0 Å². The fraction of sp³-hybridized carbons (Fsp3) is 0.750. The molecule has 1 unspecified atom stereocenters. The normalized spacial score (nSPS) is 19.5. The van der Waals surface area contributed by atoms with Gasteiger partial charge in [0.2, 0.25) is 5.91 Å². The lowest BCUT2D eigenvalue weighted by atomic mass is 10.2. The Morgan fingerprint density at radius 2 is 2.11 bits per heavy atom. The second kappa shape index (κ2) is 5.84. The van der Waals surface area contributed by atoms with Gasteiger partial charge >= 0.3 is 6.09 Å². The Balaban J connectivity index is 2.61. The van der Waals surface area contributed by atoms with Crippen LogP contribution in [0, 0.1) is 0 Å². The van der Waals surface area contributed by atoms with Crippen LogP contribution in [-0.2, 0) is 14.3 Å². The molecule has 0 aromatic carbocycles. The fourth-order valence-corrected chi connectivity index (χ4v) is 1.84. The number of carbonyl (C=O) groups is 3. The summed E-state index contributed by atoms with van der Waals surface area (Å²) >= 11 is 0. The van der Waals surface area contributed by atoms with Crippen molar-refractivity contribution >= 4 is 18.3 Å². The molecule has 1 saturated heterocycles. The summed E-state index contributed by atoms with van der Waals surface area (Å²) in [6, 6.07) is -0.528. The van der Waals surface area contributed by atoms with E-state index in [1.54, 1.807) is 20.8 Å². The van der Waals surface area contributed by atoms with E-state index in [2.05, 4.69) is 5.32 Å². The molecule has 1 aliphatic heterocycles. The first-order chi connectivity index (χ1) is 8.35. The van der Waals surface area contributed by atoms with Crippen molar-refractivity contribution in [2.45, 2.75) is 45.3 Å². The van der Waals surface area contributed by atoms with Gasteiger partial charge in [-0.3, -0.25) is 9.69 Å². The molecule has 0 aliphatic carbocycles. The van der Waals surface area contributed by atoms with E-state index in [9.17, 15) is 14.4 Å². The molecule has 1 heterocycles. The zero-order valence-electron chi connectivity index (χ0n) is 11.1. The average molecular weight is 256 g/mol. The third kappa shape index (κ3) is 4.01. The van der Waals surface area contributed by atoms with E-state index in [-0.39, 0.29) is 12.5 Å². The summed E-state index contributed by atoms with van der Waals surface area (Å²) in [7, 11) is 0. The molecule has 1 atom stereocenters. The van der Waals surface area contributed by atoms with Gasteiger partial charge in [-0.1, -0.05) is 0 Å². The minimum atomic E-state index is -0.580. The summed E-state index contributed by atoms with van der Waals surface area (Å²) in [5.74, 6) is -0.301. The smallest absolute Gasteiger partial charge is 0.410 e. The molecule has 0 spiro atoms. The monoisotopic (exact) mass is 256 g/mol. The highest BCUT2D eigenvalue weighted by molar-refractivity contribution is 5.87. The maximum absolute atomic E-state index is 11.9. The van der Waals surface area contributed by atoms with Gasteiger partial charge in [-0.25, -0.2) is 4.79 Å². The molecule has 6 heteroatoms. The topological polar surface area (TPSA) is 75.7 Å². The Bertz CT molecular complexity index is 335. The summed E-state index contributed by atoms with van der Waals surface area (Å²) in [4.78, 5) is 35.3. The van der Waals surface area contributed by atoms with E-state index in [1.807, 2.05) is 0 Å². The van der Waals surface area contributed by atoms with Crippen molar-refractivity contribution in [3.8, 4) is 0 Å². The van der Waals surface area contributed by atoms with E-state index in [4.69, 9.17) is 4.74 Å². The molecule has 0 saturated carbocycles. The van der Waals surface area contributed by atoms with Crippen LogP contribution < -0.4 is 5.32 Å². The van der Waals surface area contributed by atoms with Gasteiger partial charge in [0.1, 0.15) is 17.9 Å². The molecule has 1 N–H and O–H groups in total. The Labute approximate surface area is 107 Å². The van der Waals surface area contributed by atoms with Crippen molar-refractivity contribution in [1.29, 1.82) is 0 Å². The van der Waals surface area contributed by atoms with Gasteiger partial charge < -0.3 is 14.8 Å². The Kier molecular flexibility index (Phi) is 4.69. The van der Waals surface area contributed by atoms with Crippen LogP contribution in [0.25, 0.3) is 0 Å². The molecule has 0 aromatic heterocycles. The predicted molar refractivity (Wildman–Crippen MR) is 65.0 cm³/mol.